The van der Waals surface area contributed by atoms with Crippen LogP contribution in [0.25, 0.3) is 22.2 Å². The van der Waals surface area contributed by atoms with Crippen molar-refractivity contribution in [3.05, 3.63) is 75.1 Å². The lowest BCUT2D eigenvalue weighted by molar-refractivity contribution is -0.140. The molecule has 14 heteroatoms. The summed E-state index contributed by atoms with van der Waals surface area (Å²) in [4.78, 5) is 33.6. The minimum atomic E-state index is -5.00. The van der Waals surface area contributed by atoms with Gasteiger partial charge in [0, 0.05) is 29.9 Å². The Hall–Kier alpha value is -3.81. The van der Waals surface area contributed by atoms with Crippen LogP contribution in [0.15, 0.2) is 57.5 Å². The zero-order valence-corrected chi connectivity index (χ0v) is 20.7. The van der Waals surface area contributed by atoms with E-state index in [4.69, 9.17) is 4.74 Å². The maximum Gasteiger partial charge on any atom is 0.425 e. The second kappa shape index (κ2) is 10.9. The van der Waals surface area contributed by atoms with E-state index in [-0.39, 0.29) is 16.8 Å². The standard InChI is InChI=1S/C24H20F5N5O3S/c1-12(37-19-10-32-33-22(35)20(19)24(27,28)29)5-14(25)11-34-4-3-13-6-17(18(26)7-16(13)23(34)36)21-30-8-15(38-2)9-31-21/h3-4,6-10,12,14H,5,11H2,1-2H3,(H,33,35). The topological polar surface area (TPSA) is 103 Å². The highest BCUT2D eigenvalue weighted by atomic mass is 32.2. The first-order chi connectivity index (χ1) is 18.0. The molecule has 0 aliphatic rings. The predicted octanol–water partition coefficient (Wildman–Crippen LogP) is 4.62. The van der Waals surface area contributed by atoms with Crippen molar-refractivity contribution in [2.45, 2.75) is 43.2 Å². The molecule has 0 spiro atoms. The van der Waals surface area contributed by atoms with E-state index in [0.717, 1.165) is 15.5 Å². The molecule has 0 aliphatic heterocycles. The van der Waals surface area contributed by atoms with Gasteiger partial charge >= 0.3 is 6.18 Å². The Morgan fingerprint density at radius 3 is 2.53 bits per heavy atom. The number of benzene rings is 1. The van der Waals surface area contributed by atoms with Crippen LogP contribution in [-0.2, 0) is 12.7 Å². The molecule has 0 radical (unpaired) electrons. The molecule has 0 aliphatic carbocycles. The number of hydrogen-bond acceptors (Lipinski definition) is 7. The molecule has 0 saturated heterocycles. The molecule has 0 fully saturated rings. The van der Waals surface area contributed by atoms with E-state index in [9.17, 15) is 31.5 Å². The number of aromatic nitrogens is 5. The molecule has 2 atom stereocenters. The molecule has 0 amide bonds. The summed E-state index contributed by atoms with van der Waals surface area (Å²) >= 11 is 1.43. The monoisotopic (exact) mass is 553 g/mol. The van der Waals surface area contributed by atoms with Crippen LogP contribution in [0.4, 0.5) is 22.0 Å². The van der Waals surface area contributed by atoms with Gasteiger partial charge in [0.15, 0.2) is 17.1 Å². The Morgan fingerprint density at radius 2 is 1.87 bits per heavy atom. The minimum absolute atomic E-state index is 0.00962. The van der Waals surface area contributed by atoms with Gasteiger partial charge in [0.25, 0.3) is 11.1 Å². The number of hydrogen-bond donors (Lipinski definition) is 1. The highest BCUT2D eigenvalue weighted by Gasteiger charge is 2.38. The van der Waals surface area contributed by atoms with Crippen molar-refractivity contribution in [2.24, 2.45) is 0 Å². The van der Waals surface area contributed by atoms with E-state index in [2.05, 4.69) is 15.1 Å². The van der Waals surface area contributed by atoms with Crippen molar-refractivity contribution < 1.29 is 26.7 Å². The summed E-state index contributed by atoms with van der Waals surface area (Å²) in [5.41, 5.74) is -3.61. The highest BCUT2D eigenvalue weighted by Crippen LogP contribution is 2.33. The molecule has 0 bridgehead atoms. The molecule has 38 heavy (non-hydrogen) atoms. The lowest BCUT2D eigenvalue weighted by Gasteiger charge is -2.19. The number of halogens is 5. The number of H-pyrrole nitrogens is 1. The number of fused-ring (bicyclic) bond motifs is 1. The third-order valence-corrected chi connectivity index (χ3v) is 6.27. The second-order valence-electron chi connectivity index (χ2n) is 8.34. The first kappa shape index (κ1) is 27.2. The number of aromatic amines is 1. The third kappa shape index (κ3) is 5.85. The van der Waals surface area contributed by atoms with Gasteiger partial charge in [0.2, 0.25) is 0 Å². The zero-order chi connectivity index (χ0) is 27.6. The fourth-order valence-electron chi connectivity index (χ4n) is 3.83. The van der Waals surface area contributed by atoms with Gasteiger partial charge in [-0.3, -0.25) is 9.59 Å². The summed E-state index contributed by atoms with van der Waals surface area (Å²) in [5, 5.41) is 5.39. The Kier molecular flexibility index (Phi) is 7.81. The average molecular weight is 554 g/mol. The number of rotatable bonds is 8. The number of thioether (sulfide) groups is 1. The molecule has 4 aromatic rings. The maximum atomic E-state index is 14.9. The normalized spacial score (nSPS) is 13.4. The summed E-state index contributed by atoms with van der Waals surface area (Å²) in [7, 11) is 0. The lowest BCUT2D eigenvalue weighted by atomic mass is 10.1. The van der Waals surface area contributed by atoms with Crippen molar-refractivity contribution in [3.63, 3.8) is 0 Å². The van der Waals surface area contributed by atoms with Crippen molar-refractivity contribution in [3.8, 4) is 17.1 Å². The lowest BCUT2D eigenvalue weighted by Crippen LogP contribution is -2.29. The Morgan fingerprint density at radius 1 is 1.16 bits per heavy atom. The number of nitrogens with zero attached hydrogens (tertiary/aromatic N) is 4. The van der Waals surface area contributed by atoms with Gasteiger partial charge in [0.05, 0.1) is 29.8 Å². The van der Waals surface area contributed by atoms with Crippen LogP contribution in [0.5, 0.6) is 5.75 Å². The van der Waals surface area contributed by atoms with E-state index in [1.165, 1.54) is 37.0 Å². The SMILES string of the molecule is CSc1cnc(-c2cc3ccn(CC(F)CC(C)Oc4cn[nH]c(=O)c4C(F)(F)F)c(=O)c3cc2F)nc1. The molecule has 8 nitrogen and oxygen atoms in total. The molecule has 1 N–H and O–H groups in total. The van der Waals surface area contributed by atoms with Gasteiger partial charge in [-0.2, -0.15) is 18.3 Å². The van der Waals surface area contributed by atoms with Crippen LogP contribution in [0.3, 0.4) is 0 Å². The molecular weight excluding hydrogens is 533 g/mol. The van der Waals surface area contributed by atoms with E-state index >= 15 is 0 Å². The third-order valence-electron chi connectivity index (χ3n) is 5.58. The van der Waals surface area contributed by atoms with Gasteiger partial charge in [-0.05, 0) is 36.8 Å². The Balaban J connectivity index is 1.51. The smallest absolute Gasteiger partial charge is 0.425 e. The minimum Gasteiger partial charge on any atom is -0.488 e. The summed E-state index contributed by atoms with van der Waals surface area (Å²) < 4.78 is 75.4. The molecule has 3 aromatic heterocycles. The molecule has 200 valence electrons. The van der Waals surface area contributed by atoms with Crippen molar-refractivity contribution >= 4 is 22.5 Å². The van der Waals surface area contributed by atoms with Crippen LogP contribution >= 0.6 is 11.8 Å². The molecule has 0 saturated carbocycles. The first-order valence-corrected chi connectivity index (χ1v) is 12.3. The fourth-order valence-corrected chi connectivity index (χ4v) is 4.15. The van der Waals surface area contributed by atoms with E-state index < -0.39 is 59.7 Å². The van der Waals surface area contributed by atoms with Crippen molar-refractivity contribution in [1.82, 2.24) is 24.7 Å². The summed E-state index contributed by atoms with van der Waals surface area (Å²) in [6, 6.07) is 3.98. The second-order valence-corrected chi connectivity index (χ2v) is 9.22. The molecule has 2 unspecified atom stereocenters. The Labute approximate surface area is 215 Å². The largest absolute Gasteiger partial charge is 0.488 e. The van der Waals surface area contributed by atoms with Crippen LogP contribution < -0.4 is 15.9 Å². The number of nitrogens with one attached hydrogen (secondary N) is 1. The average Bonchev–Trinajstić information content (AvgIpc) is 2.85. The maximum absolute atomic E-state index is 14.9. The molecule has 3 heterocycles. The van der Waals surface area contributed by atoms with Gasteiger partial charge in [-0.25, -0.2) is 23.8 Å². The van der Waals surface area contributed by atoms with Crippen molar-refractivity contribution in [1.29, 1.82) is 0 Å². The summed E-state index contributed by atoms with van der Waals surface area (Å²) in [6.45, 7) is 0.868. The molecule has 4 rings (SSSR count). The van der Waals surface area contributed by atoms with Gasteiger partial charge in [-0.15, -0.1) is 11.8 Å². The van der Waals surface area contributed by atoms with Crippen molar-refractivity contribution in [2.75, 3.05) is 6.26 Å². The van der Waals surface area contributed by atoms with Crippen LogP contribution in [-0.4, -0.2) is 43.3 Å². The van der Waals surface area contributed by atoms with E-state index in [1.807, 2.05) is 6.26 Å². The highest BCUT2D eigenvalue weighted by molar-refractivity contribution is 7.98. The number of ether oxygens (including phenoxy) is 1. The molecular formula is C24H20F5N5O3S. The van der Waals surface area contributed by atoms with Gasteiger partial charge in [0.1, 0.15) is 12.0 Å². The molecule has 1 aromatic carbocycles. The summed E-state index contributed by atoms with van der Waals surface area (Å²) in [5.74, 6) is -1.41. The Bertz CT molecular complexity index is 1570. The van der Waals surface area contributed by atoms with Crippen LogP contribution in [0, 0.1) is 5.82 Å². The predicted molar refractivity (Wildman–Crippen MR) is 130 cm³/mol. The van der Waals surface area contributed by atoms with Gasteiger partial charge < -0.3 is 9.30 Å². The van der Waals surface area contributed by atoms with Crippen LogP contribution in [0.2, 0.25) is 0 Å². The fraction of sp³-hybridized carbons (Fsp3) is 0.292. The van der Waals surface area contributed by atoms with E-state index in [0.29, 0.717) is 11.6 Å². The van der Waals surface area contributed by atoms with E-state index in [1.54, 1.807) is 17.5 Å². The number of alkyl halides is 4. The quantitative estimate of drug-likeness (QED) is 0.251. The zero-order valence-electron chi connectivity index (χ0n) is 19.9. The van der Waals surface area contributed by atoms with Gasteiger partial charge in [-0.1, -0.05) is 0 Å². The number of pyridine rings is 1. The van der Waals surface area contributed by atoms with Crippen LogP contribution in [0.1, 0.15) is 18.9 Å². The summed E-state index contributed by atoms with van der Waals surface area (Å²) in [6.07, 6.45) is -1.22. The first-order valence-electron chi connectivity index (χ1n) is 11.1.